The Kier molecular flexibility index (Phi) is 8.33. The first-order valence-electron chi connectivity index (χ1n) is 12.4. The van der Waals surface area contributed by atoms with Crippen LogP contribution in [0.3, 0.4) is 0 Å². The molecule has 35 heavy (non-hydrogen) atoms. The number of aliphatic carboxylic acids is 1. The number of aryl methyl sites for hydroxylation is 2. The zero-order chi connectivity index (χ0) is 24.8. The van der Waals surface area contributed by atoms with Crippen molar-refractivity contribution in [1.29, 1.82) is 0 Å². The van der Waals surface area contributed by atoms with E-state index in [9.17, 15) is 9.90 Å². The second-order valence-corrected chi connectivity index (χ2v) is 9.53. The van der Waals surface area contributed by atoms with Crippen LogP contribution >= 0.6 is 0 Å². The van der Waals surface area contributed by atoms with Gasteiger partial charge in [0.15, 0.2) is 0 Å². The van der Waals surface area contributed by atoms with Crippen LogP contribution in [0.1, 0.15) is 49.7 Å². The highest BCUT2D eigenvalue weighted by molar-refractivity contribution is 5.83. The topological polar surface area (TPSA) is 80.5 Å². The summed E-state index contributed by atoms with van der Waals surface area (Å²) >= 11 is 0. The molecule has 1 aliphatic rings. The number of nitrogens with zero attached hydrogens (tertiary/aromatic N) is 4. The number of methoxy groups -OCH3 is 1. The molecule has 1 saturated heterocycles. The minimum Gasteiger partial charge on any atom is -0.497 e. The Bertz CT molecular complexity index is 1130. The lowest BCUT2D eigenvalue weighted by molar-refractivity contribution is -0.146. The van der Waals surface area contributed by atoms with E-state index in [1.807, 2.05) is 42.2 Å². The fourth-order valence-corrected chi connectivity index (χ4v) is 5.21. The van der Waals surface area contributed by atoms with Crippen LogP contribution in [0.15, 0.2) is 42.9 Å². The molecule has 1 aromatic carbocycles. The molecule has 7 nitrogen and oxygen atoms in total. The van der Waals surface area contributed by atoms with Gasteiger partial charge in [-0.1, -0.05) is 0 Å². The van der Waals surface area contributed by atoms with Gasteiger partial charge < -0.3 is 19.3 Å². The number of hydrogen-bond acceptors (Lipinski definition) is 5. The zero-order valence-electron chi connectivity index (χ0n) is 20.6. The normalized spacial score (nSPS) is 19.6. The number of pyridine rings is 1. The Hall–Kier alpha value is -3.00. The Balaban J connectivity index is 1.30. The van der Waals surface area contributed by atoms with Crippen molar-refractivity contribution in [2.75, 3.05) is 26.7 Å². The van der Waals surface area contributed by atoms with Crippen LogP contribution in [-0.2, 0) is 18.3 Å². The predicted octanol–water partition coefficient (Wildman–Crippen LogP) is 4.81. The van der Waals surface area contributed by atoms with Gasteiger partial charge in [-0.15, -0.1) is 0 Å². The lowest BCUT2D eigenvalue weighted by atomic mass is 9.81. The number of likely N-dealkylation sites (tertiary alicyclic amines) is 1. The van der Waals surface area contributed by atoms with Crippen molar-refractivity contribution in [1.82, 2.24) is 19.4 Å². The number of piperidine rings is 1. The Morgan fingerprint density at radius 3 is 2.86 bits per heavy atom. The summed E-state index contributed by atoms with van der Waals surface area (Å²) < 4.78 is 22.7. The number of aromatic nitrogens is 3. The van der Waals surface area contributed by atoms with Crippen LogP contribution in [0.4, 0.5) is 4.39 Å². The Labute approximate surface area is 205 Å². The predicted molar refractivity (Wildman–Crippen MR) is 133 cm³/mol. The molecule has 8 heteroatoms. The molecule has 1 fully saturated rings. The van der Waals surface area contributed by atoms with Gasteiger partial charge in [-0.2, -0.15) is 0 Å². The second kappa shape index (κ2) is 11.6. The quantitative estimate of drug-likeness (QED) is 0.395. The van der Waals surface area contributed by atoms with E-state index in [-0.39, 0.29) is 5.92 Å². The average Bonchev–Trinajstić information content (AvgIpc) is 3.29. The van der Waals surface area contributed by atoms with Crippen molar-refractivity contribution in [3.8, 4) is 5.75 Å². The largest absolute Gasteiger partial charge is 0.497 e. The fraction of sp³-hybridized carbons (Fsp3) is 0.519. The van der Waals surface area contributed by atoms with Gasteiger partial charge in [-0.3, -0.25) is 9.78 Å². The van der Waals surface area contributed by atoms with Crippen LogP contribution in [-0.4, -0.2) is 57.3 Å². The molecule has 3 atom stereocenters. The van der Waals surface area contributed by atoms with Gasteiger partial charge in [0.25, 0.3) is 0 Å². The number of rotatable bonds is 11. The van der Waals surface area contributed by atoms with E-state index in [2.05, 4.69) is 14.9 Å². The summed E-state index contributed by atoms with van der Waals surface area (Å²) in [7, 11) is 3.59. The molecule has 0 aliphatic carbocycles. The molecular weight excluding hydrogens is 447 g/mol. The molecule has 0 amide bonds. The number of alkyl halides is 1. The SMILES string of the molecule is COc1ccc2nccc([C@H](F)CC[C@@H]3CCN(CCCCc4nccn4C)C[C@@H]3C(=O)O)c2c1. The molecule has 1 N–H and O–H groups in total. The van der Waals surface area contributed by atoms with Gasteiger partial charge >= 0.3 is 5.97 Å². The summed E-state index contributed by atoms with van der Waals surface area (Å²) in [5.74, 6) is 0.490. The number of unbranched alkanes of at least 4 members (excludes halogenated alkanes) is 1. The maximum atomic E-state index is 15.4. The van der Waals surface area contributed by atoms with Crippen molar-refractivity contribution in [3.05, 3.63) is 54.2 Å². The van der Waals surface area contributed by atoms with Crippen molar-refractivity contribution in [3.63, 3.8) is 0 Å². The molecule has 1 aliphatic heterocycles. The maximum Gasteiger partial charge on any atom is 0.308 e. The minimum absolute atomic E-state index is 0.0165. The van der Waals surface area contributed by atoms with Gasteiger partial charge in [0, 0.05) is 44.0 Å². The van der Waals surface area contributed by atoms with Crippen LogP contribution in [0.5, 0.6) is 5.75 Å². The maximum absolute atomic E-state index is 15.4. The van der Waals surface area contributed by atoms with E-state index in [1.54, 1.807) is 19.4 Å². The average molecular weight is 483 g/mol. The number of imidazole rings is 1. The van der Waals surface area contributed by atoms with Crippen LogP contribution in [0, 0.1) is 11.8 Å². The summed E-state index contributed by atoms with van der Waals surface area (Å²) in [5, 5.41) is 10.6. The Morgan fingerprint density at radius 2 is 2.11 bits per heavy atom. The van der Waals surface area contributed by atoms with Gasteiger partial charge in [0.1, 0.15) is 17.7 Å². The molecule has 2 aromatic heterocycles. The van der Waals surface area contributed by atoms with Crippen molar-refractivity contribution in [2.24, 2.45) is 18.9 Å². The molecule has 188 valence electrons. The molecule has 3 heterocycles. The number of carboxylic acid groups (broad SMARTS) is 1. The third kappa shape index (κ3) is 6.17. The first-order chi connectivity index (χ1) is 17.0. The van der Waals surface area contributed by atoms with Crippen LogP contribution in [0.2, 0.25) is 0 Å². The van der Waals surface area contributed by atoms with E-state index >= 15 is 4.39 Å². The summed E-state index contributed by atoms with van der Waals surface area (Å²) in [6, 6.07) is 7.18. The van der Waals surface area contributed by atoms with Gasteiger partial charge in [-0.25, -0.2) is 9.37 Å². The third-order valence-electron chi connectivity index (χ3n) is 7.31. The standard InChI is InChI=1S/C27H35FN4O3/c1-31-16-13-30-26(31)5-3-4-14-32-15-11-19(23(18-32)27(33)34)6-8-24(28)21-10-12-29-25-9-7-20(35-2)17-22(21)25/h7,9-10,12-13,16-17,19,23-24H,3-6,8,11,14-15,18H2,1-2H3,(H,33,34)/t19-,23+,24-/m1/s1. The molecule has 0 saturated carbocycles. The molecule has 0 unspecified atom stereocenters. The number of fused-ring (bicyclic) bond motifs is 1. The highest BCUT2D eigenvalue weighted by atomic mass is 19.1. The molecule has 0 bridgehead atoms. The smallest absolute Gasteiger partial charge is 0.308 e. The number of ether oxygens (including phenoxy) is 1. The first kappa shape index (κ1) is 25.1. The van der Waals surface area contributed by atoms with Crippen LogP contribution < -0.4 is 4.74 Å². The monoisotopic (exact) mass is 482 g/mol. The number of carboxylic acids is 1. The molecule has 0 radical (unpaired) electrons. The van der Waals surface area contributed by atoms with E-state index < -0.39 is 18.1 Å². The summed E-state index contributed by atoms with van der Waals surface area (Å²) in [5.41, 5.74) is 1.32. The Morgan fingerprint density at radius 1 is 1.26 bits per heavy atom. The number of hydrogen-bond donors (Lipinski definition) is 1. The fourth-order valence-electron chi connectivity index (χ4n) is 5.21. The first-order valence-corrected chi connectivity index (χ1v) is 12.4. The van der Waals surface area contributed by atoms with E-state index in [0.29, 0.717) is 30.7 Å². The van der Waals surface area contributed by atoms with Gasteiger partial charge in [-0.05, 0) is 80.9 Å². The van der Waals surface area contributed by atoms with E-state index in [1.165, 1.54) is 0 Å². The van der Waals surface area contributed by atoms with Gasteiger partial charge in [0.05, 0.1) is 18.5 Å². The van der Waals surface area contributed by atoms with Crippen molar-refractivity contribution in [2.45, 2.75) is 44.7 Å². The minimum atomic E-state index is -1.17. The summed E-state index contributed by atoms with van der Waals surface area (Å²) in [4.78, 5) is 23.0. The molecule has 4 rings (SSSR count). The highest BCUT2D eigenvalue weighted by Crippen LogP contribution is 2.35. The lowest BCUT2D eigenvalue weighted by Crippen LogP contribution is -2.44. The summed E-state index contributed by atoms with van der Waals surface area (Å²) in [6.07, 6.45) is 8.82. The van der Waals surface area contributed by atoms with E-state index in [0.717, 1.165) is 55.5 Å². The highest BCUT2D eigenvalue weighted by Gasteiger charge is 2.34. The molecule has 0 spiro atoms. The van der Waals surface area contributed by atoms with Crippen LogP contribution in [0.25, 0.3) is 10.9 Å². The zero-order valence-corrected chi connectivity index (χ0v) is 20.6. The van der Waals surface area contributed by atoms with Gasteiger partial charge in [0.2, 0.25) is 0 Å². The van der Waals surface area contributed by atoms with Crippen molar-refractivity contribution < 1.29 is 19.0 Å². The van der Waals surface area contributed by atoms with E-state index in [4.69, 9.17) is 4.74 Å². The second-order valence-electron chi connectivity index (χ2n) is 9.53. The number of halogens is 1. The summed E-state index contributed by atoms with van der Waals surface area (Å²) in [6.45, 7) is 2.29. The van der Waals surface area contributed by atoms with Crippen molar-refractivity contribution >= 4 is 16.9 Å². The third-order valence-corrected chi connectivity index (χ3v) is 7.31. The lowest BCUT2D eigenvalue weighted by Gasteiger charge is -2.37. The number of benzene rings is 1. The number of carbonyl (C=O) groups is 1. The molecule has 3 aromatic rings. The molecular formula is C27H35FN4O3.